The van der Waals surface area contributed by atoms with Crippen LogP contribution in [0, 0.1) is 5.82 Å². The lowest BCUT2D eigenvalue weighted by molar-refractivity contribution is -0.137. The zero-order valence-electron chi connectivity index (χ0n) is 17.3. The molecule has 0 aliphatic carbocycles. The van der Waals surface area contributed by atoms with E-state index in [1.54, 1.807) is 13.1 Å². The maximum absolute atomic E-state index is 14.5. The summed E-state index contributed by atoms with van der Waals surface area (Å²) < 4.78 is 57.7. The molecular weight excluding hydrogens is 412 g/mol. The second-order valence-corrected chi connectivity index (χ2v) is 7.18. The van der Waals surface area contributed by atoms with Gasteiger partial charge in [0.1, 0.15) is 5.82 Å². The van der Waals surface area contributed by atoms with Gasteiger partial charge in [0, 0.05) is 33.2 Å². The molecule has 0 radical (unpaired) electrons. The molecule has 0 amide bonds. The quantitative estimate of drug-likeness (QED) is 0.411. The first-order chi connectivity index (χ1) is 14.9. The molecule has 31 heavy (non-hydrogen) atoms. The van der Waals surface area contributed by atoms with E-state index >= 15 is 0 Å². The molecule has 2 aromatic carbocycles. The van der Waals surface area contributed by atoms with Gasteiger partial charge >= 0.3 is 6.18 Å². The lowest BCUT2D eigenvalue weighted by Gasteiger charge is -2.29. The zero-order chi connectivity index (χ0) is 22.3. The largest absolute Gasteiger partial charge is 0.416 e. The number of anilines is 1. The molecule has 1 saturated heterocycles. The molecule has 1 fully saturated rings. The van der Waals surface area contributed by atoms with Crippen LogP contribution in [0.15, 0.2) is 47.5 Å². The average Bonchev–Trinajstić information content (AvgIpc) is 2.76. The van der Waals surface area contributed by atoms with Crippen molar-refractivity contribution >= 4 is 11.6 Å². The molecule has 3 rings (SSSR count). The molecule has 1 aliphatic heterocycles. The molecule has 1 aliphatic rings. The molecular formula is C22H26F4N4O. The number of halogens is 4. The summed E-state index contributed by atoms with van der Waals surface area (Å²) in [5.41, 5.74) is 1.48. The number of guanidine groups is 1. The van der Waals surface area contributed by atoms with Crippen molar-refractivity contribution in [1.82, 2.24) is 10.6 Å². The van der Waals surface area contributed by atoms with E-state index in [1.165, 1.54) is 18.2 Å². The summed E-state index contributed by atoms with van der Waals surface area (Å²) in [6, 6.07) is 10.3. The molecule has 0 saturated carbocycles. The Hall–Kier alpha value is -2.81. The summed E-state index contributed by atoms with van der Waals surface area (Å²) in [5, 5.41) is 6.23. The van der Waals surface area contributed by atoms with Crippen molar-refractivity contribution in [3.05, 3.63) is 65.0 Å². The first-order valence-electron chi connectivity index (χ1n) is 10.1. The molecule has 168 valence electrons. The number of hydrogen-bond donors (Lipinski definition) is 2. The first kappa shape index (κ1) is 22.9. The van der Waals surface area contributed by atoms with Crippen LogP contribution in [0.3, 0.4) is 0 Å². The van der Waals surface area contributed by atoms with Crippen LogP contribution >= 0.6 is 0 Å². The van der Waals surface area contributed by atoms with Crippen LogP contribution in [0.1, 0.15) is 16.7 Å². The minimum Gasteiger partial charge on any atom is -0.378 e. The minimum atomic E-state index is -4.33. The highest BCUT2D eigenvalue weighted by Gasteiger charge is 2.29. The van der Waals surface area contributed by atoms with Crippen LogP contribution in [0.4, 0.5) is 23.2 Å². The van der Waals surface area contributed by atoms with E-state index in [4.69, 9.17) is 4.74 Å². The summed E-state index contributed by atoms with van der Waals surface area (Å²) in [4.78, 5) is 6.09. The summed E-state index contributed by atoms with van der Waals surface area (Å²) in [6.45, 7) is 3.41. The topological polar surface area (TPSA) is 48.9 Å². The summed E-state index contributed by atoms with van der Waals surface area (Å²) >= 11 is 0. The molecule has 0 aromatic heterocycles. The highest BCUT2D eigenvalue weighted by atomic mass is 19.4. The first-order valence-corrected chi connectivity index (χ1v) is 10.1. The lowest BCUT2D eigenvalue weighted by Crippen LogP contribution is -2.38. The maximum atomic E-state index is 14.5. The van der Waals surface area contributed by atoms with Gasteiger partial charge in [-0.3, -0.25) is 4.99 Å². The van der Waals surface area contributed by atoms with Crippen molar-refractivity contribution in [2.45, 2.75) is 19.1 Å². The van der Waals surface area contributed by atoms with E-state index in [9.17, 15) is 17.6 Å². The Balaban J connectivity index is 1.46. The Bertz CT molecular complexity index is 878. The third-order valence-electron chi connectivity index (χ3n) is 5.03. The second kappa shape index (κ2) is 10.5. The normalized spacial score (nSPS) is 15.1. The van der Waals surface area contributed by atoms with Gasteiger partial charge in [0.2, 0.25) is 0 Å². The van der Waals surface area contributed by atoms with Gasteiger partial charge in [-0.05, 0) is 41.8 Å². The van der Waals surface area contributed by atoms with Crippen molar-refractivity contribution in [1.29, 1.82) is 0 Å². The van der Waals surface area contributed by atoms with Gasteiger partial charge in [-0.2, -0.15) is 13.2 Å². The third-order valence-corrected chi connectivity index (χ3v) is 5.03. The number of morpholine rings is 1. The van der Waals surface area contributed by atoms with Crippen molar-refractivity contribution in [3.8, 4) is 0 Å². The highest BCUT2D eigenvalue weighted by Crippen LogP contribution is 2.29. The fourth-order valence-corrected chi connectivity index (χ4v) is 3.31. The number of rotatable bonds is 6. The molecule has 0 bridgehead atoms. The number of alkyl halides is 3. The predicted molar refractivity (Wildman–Crippen MR) is 113 cm³/mol. The number of benzene rings is 2. The lowest BCUT2D eigenvalue weighted by atomic mass is 10.1. The van der Waals surface area contributed by atoms with E-state index in [0.29, 0.717) is 57.5 Å². The molecule has 1 heterocycles. The standard InChI is InChI=1S/C22H26F4N4O/c1-27-21(28-9-8-16-2-5-18(6-3-16)22(24,25)26)29-15-17-4-7-20(19(23)14-17)30-10-12-31-13-11-30/h2-7,14H,8-13,15H2,1H3,(H2,27,28,29). The summed E-state index contributed by atoms with van der Waals surface area (Å²) in [7, 11) is 1.62. The smallest absolute Gasteiger partial charge is 0.378 e. The van der Waals surface area contributed by atoms with Crippen LogP contribution in [-0.2, 0) is 23.9 Å². The fourth-order valence-electron chi connectivity index (χ4n) is 3.31. The fraction of sp³-hybridized carbons (Fsp3) is 0.409. The SMILES string of the molecule is CN=C(NCCc1ccc(C(F)(F)F)cc1)NCc1ccc(N2CCOCC2)c(F)c1. The highest BCUT2D eigenvalue weighted by molar-refractivity contribution is 5.79. The van der Waals surface area contributed by atoms with Gasteiger partial charge in [0.05, 0.1) is 24.5 Å². The van der Waals surface area contributed by atoms with Crippen molar-refractivity contribution in [2.75, 3.05) is 44.8 Å². The Morgan fingerprint density at radius 2 is 1.71 bits per heavy atom. The number of nitrogens with one attached hydrogen (secondary N) is 2. The van der Waals surface area contributed by atoms with Crippen LogP contribution < -0.4 is 15.5 Å². The number of ether oxygens (including phenoxy) is 1. The van der Waals surface area contributed by atoms with E-state index in [2.05, 4.69) is 15.6 Å². The molecule has 5 nitrogen and oxygen atoms in total. The van der Waals surface area contributed by atoms with Crippen LogP contribution in [0.2, 0.25) is 0 Å². The zero-order valence-corrected chi connectivity index (χ0v) is 17.3. The number of hydrogen-bond acceptors (Lipinski definition) is 3. The monoisotopic (exact) mass is 438 g/mol. The molecule has 2 aromatic rings. The van der Waals surface area contributed by atoms with Crippen molar-refractivity contribution in [2.24, 2.45) is 4.99 Å². The van der Waals surface area contributed by atoms with Gasteiger partial charge in [0.15, 0.2) is 5.96 Å². The average molecular weight is 438 g/mol. The van der Waals surface area contributed by atoms with E-state index in [-0.39, 0.29) is 5.82 Å². The van der Waals surface area contributed by atoms with Crippen LogP contribution in [0.25, 0.3) is 0 Å². The number of aliphatic imine (C=N–C) groups is 1. The molecule has 9 heteroatoms. The predicted octanol–water partition coefficient (Wildman–Crippen LogP) is 3.59. The maximum Gasteiger partial charge on any atom is 0.416 e. The van der Waals surface area contributed by atoms with Gasteiger partial charge in [0.25, 0.3) is 0 Å². The third kappa shape index (κ3) is 6.58. The Kier molecular flexibility index (Phi) is 7.73. The second-order valence-electron chi connectivity index (χ2n) is 7.18. The minimum absolute atomic E-state index is 0.272. The van der Waals surface area contributed by atoms with E-state index in [1.807, 2.05) is 11.0 Å². The molecule has 0 atom stereocenters. The Morgan fingerprint density at radius 1 is 1.03 bits per heavy atom. The van der Waals surface area contributed by atoms with E-state index < -0.39 is 11.7 Å². The Labute approximate surface area is 179 Å². The van der Waals surface area contributed by atoms with Gasteiger partial charge in [-0.25, -0.2) is 4.39 Å². The van der Waals surface area contributed by atoms with Crippen molar-refractivity contribution < 1.29 is 22.3 Å². The van der Waals surface area contributed by atoms with Crippen LogP contribution in [0.5, 0.6) is 0 Å². The van der Waals surface area contributed by atoms with E-state index in [0.717, 1.165) is 23.3 Å². The molecule has 2 N–H and O–H groups in total. The van der Waals surface area contributed by atoms with Crippen LogP contribution in [-0.4, -0.2) is 45.9 Å². The molecule has 0 spiro atoms. The van der Waals surface area contributed by atoms with Gasteiger partial charge in [-0.1, -0.05) is 18.2 Å². The van der Waals surface area contributed by atoms with Gasteiger partial charge in [-0.15, -0.1) is 0 Å². The summed E-state index contributed by atoms with van der Waals surface area (Å²) in [6.07, 6.45) is -3.79. The molecule has 0 unspecified atom stereocenters. The summed E-state index contributed by atoms with van der Waals surface area (Å²) in [5.74, 6) is 0.260. The number of nitrogens with zero attached hydrogens (tertiary/aromatic N) is 2. The Morgan fingerprint density at radius 3 is 2.32 bits per heavy atom. The van der Waals surface area contributed by atoms with Gasteiger partial charge < -0.3 is 20.3 Å². The van der Waals surface area contributed by atoms with Crippen molar-refractivity contribution in [3.63, 3.8) is 0 Å².